The van der Waals surface area contributed by atoms with E-state index in [1.165, 1.54) is 11.1 Å². The Morgan fingerprint density at radius 2 is 0.761 bits per heavy atom. The van der Waals surface area contributed by atoms with Gasteiger partial charge in [-0.2, -0.15) is 0 Å². The van der Waals surface area contributed by atoms with Crippen molar-refractivity contribution in [3.05, 3.63) is 253 Å². The van der Waals surface area contributed by atoms with Crippen molar-refractivity contribution in [3.8, 4) is 0 Å². The predicted molar refractivity (Wildman–Crippen MR) is 456 cm³/mol. The molecule has 12 rings (SSSR count). The van der Waals surface area contributed by atoms with Crippen LogP contribution in [0.3, 0.4) is 0 Å². The number of rotatable bonds is 33. The Bertz CT molecular complexity index is 4830. The Labute approximate surface area is 691 Å². The highest BCUT2D eigenvalue weighted by Gasteiger charge is 2.33. The van der Waals surface area contributed by atoms with Gasteiger partial charge in [0, 0.05) is 152 Å². The zero-order chi connectivity index (χ0) is 77.3. The van der Waals surface area contributed by atoms with Gasteiger partial charge in [-0.1, -0.05) is 152 Å². The first kappa shape index (κ1) is 84.5. The number of halogens is 8. The minimum atomic E-state index is -3.90. The van der Waals surface area contributed by atoms with E-state index < -0.39 is 30.7 Å². The van der Waals surface area contributed by atoms with Crippen molar-refractivity contribution in [2.45, 2.75) is 115 Å². The summed E-state index contributed by atoms with van der Waals surface area (Å²) in [5, 5.41) is 16.5. The average Bonchev–Trinajstić information content (AvgIpc) is 0.786. The highest BCUT2D eigenvalue weighted by Crippen LogP contribution is 2.44. The topological polar surface area (TPSA) is 156 Å². The monoisotopic (exact) mass is 1710 g/mol. The molecule has 4 aliphatic heterocycles. The minimum Gasteiger partial charge on any atom is -0.358 e. The third-order valence-electron chi connectivity index (χ3n) is 21.1. The molecular weight excluding hydrogens is 1620 g/mol. The normalized spacial score (nSPS) is 18.4. The van der Waals surface area contributed by atoms with Gasteiger partial charge in [-0.15, -0.1) is 0 Å². The van der Waals surface area contributed by atoms with Gasteiger partial charge in [0.05, 0.1) is 14.8 Å². The van der Waals surface area contributed by atoms with Crippen LogP contribution in [0.25, 0.3) is 0 Å². The fraction of sp³-hybridized carbons (Fsp3) is 0.402. The molecule has 584 valence electrons. The Morgan fingerprint density at radius 3 is 1.15 bits per heavy atom. The smallest absolute Gasteiger partial charge is 0.240 e. The summed E-state index contributed by atoms with van der Waals surface area (Å²) in [6.07, 6.45) is 4.49. The molecule has 5 unspecified atom stereocenters. The molecule has 0 spiro atoms. The predicted octanol–water partition coefficient (Wildman–Crippen LogP) is 18.3. The second-order valence-corrected chi connectivity index (χ2v) is 39.3. The van der Waals surface area contributed by atoms with E-state index in [0.29, 0.717) is 98.8 Å². The Hall–Kier alpha value is -3.89. The zero-order valence-corrected chi connectivity index (χ0v) is 71.4. The van der Waals surface area contributed by atoms with Crippen LogP contribution in [0.4, 0.5) is 0 Å². The molecule has 0 fully saturated rings. The SMILES string of the molecule is C/C(O)=S(/NCCCN(CCCCN(CCCNSc1cccc(C2CN(C)Cc3c(Cl)cc(Cl)cc32)c1)CCCNS(=O)(=O)c1cccc(C2CN(C)Cc3c(Cl)cc(Cl)cc32)c1)CCCNS(=O)(=O)c1cccc(C2CN(C)Cc3c(Cl)cc(Cl)cc32)c1)c1cccc(C2CN(C)Cc3c(Cl)cc(Cl)cc32)c1. The van der Waals surface area contributed by atoms with Crippen molar-refractivity contribution in [1.82, 2.24) is 48.3 Å². The summed E-state index contributed by atoms with van der Waals surface area (Å²) in [7, 11) is -0.278. The Morgan fingerprint density at radius 1 is 0.431 bits per heavy atom. The largest absolute Gasteiger partial charge is 0.358 e. The number of sulfonamides is 2. The lowest BCUT2D eigenvalue weighted by Gasteiger charge is -2.33. The number of unbranched alkanes of at least 4 members (excludes halogenated alkanes) is 1. The van der Waals surface area contributed by atoms with Gasteiger partial charge >= 0.3 is 0 Å². The van der Waals surface area contributed by atoms with Crippen molar-refractivity contribution in [2.75, 3.05) is 120 Å². The lowest BCUT2D eigenvalue weighted by molar-refractivity contribution is 0.236. The van der Waals surface area contributed by atoms with E-state index in [4.69, 9.17) is 92.8 Å². The molecular formula is C82H96Cl8N10O5S4. The highest BCUT2D eigenvalue weighted by molar-refractivity contribution is 8.14. The first-order chi connectivity index (χ1) is 52.2. The van der Waals surface area contributed by atoms with Crippen LogP contribution < -0.4 is 18.9 Å². The van der Waals surface area contributed by atoms with E-state index in [0.717, 1.165) is 150 Å². The molecule has 0 bridgehead atoms. The van der Waals surface area contributed by atoms with Gasteiger partial charge in [0.2, 0.25) is 20.0 Å². The van der Waals surface area contributed by atoms with Crippen LogP contribution in [0.5, 0.6) is 0 Å². The summed E-state index contributed by atoms with van der Waals surface area (Å²) in [6.45, 7) is 13.8. The van der Waals surface area contributed by atoms with E-state index in [2.05, 4.69) is 117 Å². The molecule has 0 saturated heterocycles. The van der Waals surface area contributed by atoms with E-state index >= 15 is 0 Å². The van der Waals surface area contributed by atoms with Crippen molar-refractivity contribution >= 4 is 141 Å². The van der Waals surface area contributed by atoms with Crippen LogP contribution in [-0.4, -0.2) is 176 Å². The maximum absolute atomic E-state index is 14.2. The van der Waals surface area contributed by atoms with Crippen molar-refractivity contribution in [2.24, 2.45) is 0 Å². The molecule has 0 saturated carbocycles. The minimum absolute atomic E-state index is 0.0336. The number of hydrogen-bond acceptors (Lipinski definition) is 13. The summed E-state index contributed by atoms with van der Waals surface area (Å²) in [6, 6.07) is 46.6. The third kappa shape index (κ3) is 22.0. The maximum atomic E-state index is 14.2. The first-order valence-electron chi connectivity index (χ1n) is 37.1. The van der Waals surface area contributed by atoms with Gasteiger partial charge in [0.15, 0.2) is 0 Å². The molecule has 27 heteroatoms. The van der Waals surface area contributed by atoms with Gasteiger partial charge in [0.25, 0.3) is 0 Å². The molecule has 0 radical (unpaired) electrons. The fourth-order valence-corrected chi connectivity index (χ4v) is 22.7. The first-order valence-corrected chi connectivity index (χ1v) is 45.2. The number of nitrogens with one attached hydrogen (secondary N) is 4. The molecule has 5 N–H and O–H groups in total. The van der Waals surface area contributed by atoms with Crippen LogP contribution >= 0.6 is 115 Å². The molecule has 8 aromatic carbocycles. The molecule has 0 aliphatic carbocycles. The average molecular weight is 1710 g/mol. The molecule has 0 aromatic heterocycles. The number of aliphatic hydroxyl groups is 1. The van der Waals surface area contributed by atoms with Crippen LogP contribution in [0, 0.1) is 0 Å². The molecule has 8 aromatic rings. The third-order valence-corrected chi connectivity index (χ3v) is 28.9. The fourth-order valence-electron chi connectivity index (χ4n) is 15.8. The molecule has 109 heavy (non-hydrogen) atoms. The van der Waals surface area contributed by atoms with Gasteiger partial charge in [-0.05, 0) is 289 Å². The van der Waals surface area contributed by atoms with E-state index in [-0.39, 0.29) is 51.6 Å². The number of aliphatic hydroxyl groups excluding tert-OH is 1. The molecule has 4 aliphatic rings. The van der Waals surface area contributed by atoms with Crippen molar-refractivity contribution in [3.63, 3.8) is 0 Å². The standard InChI is InChI=1S/C82H96Cl8N10O5S4/c1-54(101)107(64-21-9-17-56(35-64)72-47-96(3)51-76-68(72)39-60(84)43-80(76)88)92-25-13-31-100(33-15-27-94-109(104,105)66-23-11-19-58(37-66)74-49-98(5)53-78-70(74)41-62(86)45-82(78)90)29-7-6-28-99(30-12-24-91-106-63-20-8-16-55(34-63)71-46-95(2)50-75-67(71)38-59(83)42-79(75)87)32-14-26-93-108(102,103)65-22-10-18-57(36-65)73-48-97(4)52-77-69(73)40-61(85)44-81(77)89/h8-11,16-23,34-45,71-74,91-94,101H,6-7,12-15,24-33,46-53H2,1-5H3. The van der Waals surface area contributed by atoms with Gasteiger partial charge < -0.3 is 34.5 Å². The summed E-state index contributed by atoms with van der Waals surface area (Å²) < 4.78 is 70.0. The molecule has 0 amide bonds. The summed E-state index contributed by atoms with van der Waals surface area (Å²) in [5.74, 6) is -0.0980. The van der Waals surface area contributed by atoms with E-state index in [1.54, 1.807) is 67.4 Å². The van der Waals surface area contributed by atoms with E-state index in [1.807, 2.05) is 56.6 Å². The van der Waals surface area contributed by atoms with E-state index in [9.17, 15) is 21.9 Å². The summed E-state index contributed by atoms with van der Waals surface area (Å²) in [5.41, 5.74) is 12.5. The second kappa shape index (κ2) is 38.7. The lowest BCUT2D eigenvalue weighted by atomic mass is 9.85. The molecule has 4 heterocycles. The lowest BCUT2D eigenvalue weighted by Crippen LogP contribution is -2.34. The summed E-state index contributed by atoms with van der Waals surface area (Å²) >= 11 is 54.9. The number of likely N-dealkylation sites (N-methyl/N-ethyl adjacent to an activating group) is 4. The van der Waals surface area contributed by atoms with Crippen LogP contribution in [0.2, 0.25) is 40.2 Å². The Kier molecular flexibility index (Phi) is 30.0. The van der Waals surface area contributed by atoms with Crippen molar-refractivity contribution in [1.29, 1.82) is 0 Å². The van der Waals surface area contributed by atoms with Crippen LogP contribution in [-0.2, 0) is 46.2 Å². The van der Waals surface area contributed by atoms with Crippen LogP contribution in [0.15, 0.2) is 165 Å². The maximum Gasteiger partial charge on any atom is 0.240 e. The van der Waals surface area contributed by atoms with Gasteiger partial charge in [-0.3, -0.25) is 9.44 Å². The van der Waals surface area contributed by atoms with Crippen LogP contribution in [0.1, 0.15) is 136 Å². The van der Waals surface area contributed by atoms with Crippen molar-refractivity contribution < 1.29 is 21.9 Å². The van der Waals surface area contributed by atoms with Gasteiger partial charge in [-0.25, -0.2) is 26.3 Å². The quantitative estimate of drug-likeness (QED) is 0.0150. The molecule has 15 nitrogen and oxygen atoms in total. The number of fused-ring (bicyclic) bond motifs is 4. The molecule has 5 atom stereocenters. The summed E-state index contributed by atoms with van der Waals surface area (Å²) in [4.78, 5) is 16.3. The highest BCUT2D eigenvalue weighted by atomic mass is 35.5. The number of benzene rings is 8. The number of hydrogen-bond donors (Lipinski definition) is 5. The number of nitrogens with zero attached hydrogens (tertiary/aromatic N) is 6. The zero-order valence-electron chi connectivity index (χ0n) is 62.1. The Balaban J connectivity index is 0.713. The second-order valence-electron chi connectivity index (χ2n) is 29.4. The van der Waals surface area contributed by atoms with Gasteiger partial charge in [0.1, 0.15) is 0 Å².